The summed E-state index contributed by atoms with van der Waals surface area (Å²) in [4.78, 5) is 20.5. The number of hydroxylamine groups is 1. The first-order valence-electron chi connectivity index (χ1n) is 9.62. The number of nitrogens with one attached hydrogen (secondary N) is 2. The van der Waals surface area contributed by atoms with Gasteiger partial charge in [-0.2, -0.15) is 0 Å². The highest BCUT2D eigenvalue weighted by molar-refractivity contribution is 6.34. The SMILES string of the molecule is CCONC(=O)c1c[nH]c2cc(Cl)c(-c3ccc(C4CCCCO4)cc3)cc12. The zero-order chi connectivity index (χ0) is 19.5. The van der Waals surface area contributed by atoms with E-state index < -0.39 is 0 Å². The van der Waals surface area contributed by atoms with Gasteiger partial charge < -0.3 is 9.72 Å². The van der Waals surface area contributed by atoms with Gasteiger partial charge in [-0.05, 0) is 49.4 Å². The van der Waals surface area contributed by atoms with E-state index in [0.29, 0.717) is 17.2 Å². The van der Waals surface area contributed by atoms with Crippen LogP contribution in [0.2, 0.25) is 5.02 Å². The lowest BCUT2D eigenvalue weighted by Gasteiger charge is -2.23. The van der Waals surface area contributed by atoms with Crippen LogP contribution in [0.1, 0.15) is 48.2 Å². The lowest BCUT2D eigenvalue weighted by Crippen LogP contribution is -2.23. The predicted octanol–water partition coefficient (Wildman–Crippen LogP) is 5.41. The number of fused-ring (bicyclic) bond motifs is 1. The van der Waals surface area contributed by atoms with Gasteiger partial charge in [-0.1, -0.05) is 35.9 Å². The Labute approximate surface area is 168 Å². The normalized spacial score (nSPS) is 17.0. The molecule has 2 aromatic carbocycles. The van der Waals surface area contributed by atoms with E-state index in [0.717, 1.165) is 41.5 Å². The first-order chi connectivity index (χ1) is 13.7. The van der Waals surface area contributed by atoms with E-state index in [1.165, 1.54) is 12.0 Å². The van der Waals surface area contributed by atoms with Crippen molar-refractivity contribution in [2.75, 3.05) is 13.2 Å². The molecule has 1 atom stereocenters. The van der Waals surface area contributed by atoms with Gasteiger partial charge in [0, 0.05) is 29.3 Å². The summed E-state index contributed by atoms with van der Waals surface area (Å²) in [6, 6.07) is 12.1. The van der Waals surface area contributed by atoms with Crippen LogP contribution in [0.15, 0.2) is 42.6 Å². The van der Waals surface area contributed by atoms with Crippen LogP contribution in [0.4, 0.5) is 0 Å². The molecule has 6 heteroatoms. The van der Waals surface area contributed by atoms with Gasteiger partial charge in [0.15, 0.2) is 0 Å². The van der Waals surface area contributed by atoms with E-state index in [1.807, 2.05) is 19.1 Å². The van der Waals surface area contributed by atoms with Gasteiger partial charge >= 0.3 is 0 Å². The average molecular weight is 399 g/mol. The van der Waals surface area contributed by atoms with Crippen molar-refractivity contribution in [3.05, 3.63) is 58.7 Å². The molecular formula is C22H23ClN2O3. The van der Waals surface area contributed by atoms with Crippen molar-refractivity contribution in [1.29, 1.82) is 0 Å². The Hall–Kier alpha value is -2.34. The molecule has 1 amide bonds. The Balaban J connectivity index is 1.66. The second kappa shape index (κ2) is 8.35. The molecule has 1 aliphatic heterocycles. The zero-order valence-electron chi connectivity index (χ0n) is 15.8. The van der Waals surface area contributed by atoms with Crippen molar-refractivity contribution in [1.82, 2.24) is 10.5 Å². The van der Waals surface area contributed by atoms with Crippen LogP contribution in [0, 0.1) is 0 Å². The largest absolute Gasteiger partial charge is 0.374 e. The standard InChI is InChI=1S/C22H23ClN2O3/c1-2-28-25-22(26)18-13-24-20-12-19(23)16(11-17(18)20)14-6-8-15(9-7-14)21-5-3-4-10-27-21/h6-9,11-13,21,24H,2-5,10H2,1H3,(H,25,26). The molecule has 28 heavy (non-hydrogen) atoms. The second-order valence-electron chi connectivity index (χ2n) is 6.92. The predicted molar refractivity (Wildman–Crippen MR) is 110 cm³/mol. The Morgan fingerprint density at radius 1 is 1.29 bits per heavy atom. The number of rotatable bonds is 5. The highest BCUT2D eigenvalue weighted by Gasteiger charge is 2.17. The Morgan fingerprint density at radius 2 is 2.11 bits per heavy atom. The van der Waals surface area contributed by atoms with Crippen molar-refractivity contribution in [3.63, 3.8) is 0 Å². The van der Waals surface area contributed by atoms with Gasteiger partial charge in [0.25, 0.3) is 5.91 Å². The summed E-state index contributed by atoms with van der Waals surface area (Å²) in [5, 5.41) is 1.43. The number of benzene rings is 2. The number of H-pyrrole nitrogens is 1. The number of carbonyl (C=O) groups excluding carboxylic acids is 1. The molecule has 2 N–H and O–H groups in total. The number of halogens is 1. The van der Waals surface area contributed by atoms with E-state index >= 15 is 0 Å². The molecule has 3 aromatic rings. The summed E-state index contributed by atoms with van der Waals surface area (Å²) < 4.78 is 5.87. The van der Waals surface area contributed by atoms with E-state index in [9.17, 15) is 4.79 Å². The Morgan fingerprint density at radius 3 is 2.82 bits per heavy atom. The van der Waals surface area contributed by atoms with E-state index in [-0.39, 0.29) is 12.0 Å². The third-order valence-electron chi connectivity index (χ3n) is 5.10. The fraction of sp³-hybridized carbons (Fsp3) is 0.318. The fourth-order valence-electron chi connectivity index (χ4n) is 3.63. The first-order valence-corrected chi connectivity index (χ1v) is 10.00. The second-order valence-corrected chi connectivity index (χ2v) is 7.33. The smallest absolute Gasteiger partial charge is 0.277 e. The summed E-state index contributed by atoms with van der Waals surface area (Å²) in [6.07, 6.45) is 5.25. The van der Waals surface area contributed by atoms with Gasteiger partial charge in [-0.15, -0.1) is 0 Å². The molecular weight excluding hydrogens is 376 g/mol. The first kappa shape index (κ1) is 19.0. The molecule has 0 saturated carbocycles. The monoisotopic (exact) mass is 398 g/mol. The lowest BCUT2D eigenvalue weighted by molar-refractivity contribution is 0.0149. The molecule has 0 radical (unpaired) electrons. The van der Waals surface area contributed by atoms with Crippen LogP contribution in [0.25, 0.3) is 22.0 Å². The lowest BCUT2D eigenvalue weighted by atomic mass is 9.97. The minimum atomic E-state index is -0.286. The average Bonchev–Trinajstić information content (AvgIpc) is 3.15. The molecule has 1 unspecified atom stereocenters. The maximum absolute atomic E-state index is 12.3. The van der Waals surface area contributed by atoms with E-state index in [4.69, 9.17) is 21.2 Å². The van der Waals surface area contributed by atoms with Crippen LogP contribution in [0.3, 0.4) is 0 Å². The summed E-state index contributed by atoms with van der Waals surface area (Å²) in [5.74, 6) is -0.286. The minimum absolute atomic E-state index is 0.180. The highest BCUT2D eigenvalue weighted by atomic mass is 35.5. The van der Waals surface area contributed by atoms with Gasteiger partial charge in [0.2, 0.25) is 0 Å². The summed E-state index contributed by atoms with van der Waals surface area (Å²) in [7, 11) is 0. The third kappa shape index (κ3) is 3.78. The Kier molecular flexibility index (Phi) is 5.67. The molecule has 4 rings (SSSR count). The van der Waals surface area contributed by atoms with Crippen molar-refractivity contribution >= 4 is 28.4 Å². The molecule has 1 saturated heterocycles. The van der Waals surface area contributed by atoms with Crippen molar-refractivity contribution in [2.24, 2.45) is 0 Å². The number of aromatic amines is 1. The molecule has 1 aromatic heterocycles. The van der Waals surface area contributed by atoms with Gasteiger partial charge in [0.05, 0.1) is 23.3 Å². The quantitative estimate of drug-likeness (QED) is 0.564. The van der Waals surface area contributed by atoms with Crippen molar-refractivity contribution in [3.8, 4) is 11.1 Å². The third-order valence-corrected chi connectivity index (χ3v) is 5.41. The Bertz CT molecular complexity index is 975. The molecule has 1 fully saturated rings. The van der Waals surface area contributed by atoms with E-state index in [1.54, 1.807) is 6.20 Å². The molecule has 2 heterocycles. The maximum Gasteiger partial charge on any atom is 0.277 e. The number of ether oxygens (including phenoxy) is 1. The van der Waals surface area contributed by atoms with Crippen LogP contribution in [-0.2, 0) is 9.57 Å². The number of aromatic nitrogens is 1. The summed E-state index contributed by atoms with van der Waals surface area (Å²) in [5.41, 5.74) is 6.85. The topological polar surface area (TPSA) is 63.3 Å². The van der Waals surface area contributed by atoms with E-state index in [2.05, 4.69) is 34.7 Å². The molecule has 0 bridgehead atoms. The molecule has 1 aliphatic rings. The highest BCUT2D eigenvalue weighted by Crippen LogP contribution is 2.35. The number of hydrogen-bond donors (Lipinski definition) is 2. The van der Waals surface area contributed by atoms with Gasteiger partial charge in [-0.3, -0.25) is 9.63 Å². The van der Waals surface area contributed by atoms with Gasteiger partial charge in [0.1, 0.15) is 0 Å². The number of hydrogen-bond acceptors (Lipinski definition) is 3. The molecule has 0 aliphatic carbocycles. The molecule has 5 nitrogen and oxygen atoms in total. The zero-order valence-corrected chi connectivity index (χ0v) is 16.5. The van der Waals surface area contributed by atoms with Crippen LogP contribution in [0.5, 0.6) is 0 Å². The van der Waals surface area contributed by atoms with Crippen LogP contribution < -0.4 is 5.48 Å². The maximum atomic E-state index is 12.3. The number of amides is 1. The van der Waals surface area contributed by atoms with Crippen molar-refractivity contribution < 1.29 is 14.4 Å². The summed E-state index contributed by atoms with van der Waals surface area (Å²) in [6.45, 7) is 3.05. The van der Waals surface area contributed by atoms with Gasteiger partial charge in [-0.25, -0.2) is 5.48 Å². The fourth-order valence-corrected chi connectivity index (χ4v) is 3.90. The van der Waals surface area contributed by atoms with Crippen molar-refractivity contribution in [2.45, 2.75) is 32.3 Å². The number of carbonyl (C=O) groups is 1. The molecule has 146 valence electrons. The summed E-state index contributed by atoms with van der Waals surface area (Å²) >= 11 is 6.53. The minimum Gasteiger partial charge on any atom is -0.374 e. The van der Waals surface area contributed by atoms with Crippen LogP contribution >= 0.6 is 11.6 Å². The van der Waals surface area contributed by atoms with Crippen LogP contribution in [-0.4, -0.2) is 24.1 Å². The molecule has 0 spiro atoms.